The first-order valence-electron chi connectivity index (χ1n) is 6.14. The molecule has 5 nitrogen and oxygen atoms in total. The van der Waals surface area contributed by atoms with Crippen molar-refractivity contribution in [3.05, 3.63) is 50.1 Å². The topological polar surface area (TPSA) is 62.4 Å². The van der Waals surface area contributed by atoms with Crippen LogP contribution in [0.25, 0.3) is 0 Å². The van der Waals surface area contributed by atoms with E-state index in [1.54, 1.807) is 0 Å². The second kappa shape index (κ2) is 6.63. The maximum atomic E-state index is 12.2. The lowest BCUT2D eigenvalue weighted by atomic mass is 10.2. The average Bonchev–Trinajstić information content (AvgIpc) is 2.79. The van der Waals surface area contributed by atoms with Crippen molar-refractivity contribution in [2.75, 3.05) is 7.05 Å². The van der Waals surface area contributed by atoms with E-state index >= 15 is 0 Å². The number of H-pyrrole nitrogens is 1. The number of hydrogen-bond acceptors (Lipinski definition) is 4. The highest BCUT2D eigenvalue weighted by Gasteiger charge is 2.31. The summed E-state index contributed by atoms with van der Waals surface area (Å²) in [5.74, 6) is -0.809. The van der Waals surface area contributed by atoms with Gasteiger partial charge in [0.15, 0.2) is 0 Å². The van der Waals surface area contributed by atoms with Gasteiger partial charge in [-0.25, -0.2) is 0 Å². The lowest BCUT2D eigenvalue weighted by Crippen LogP contribution is -2.26. The van der Waals surface area contributed by atoms with E-state index in [0.29, 0.717) is 5.56 Å². The number of ether oxygens (including phenoxy) is 1. The number of hydrogen-bond donors (Lipinski definition) is 1. The summed E-state index contributed by atoms with van der Waals surface area (Å²) in [5.41, 5.74) is 0.0523. The van der Waals surface area contributed by atoms with E-state index in [1.807, 2.05) is 0 Å². The van der Waals surface area contributed by atoms with Crippen LogP contribution in [0.5, 0.6) is 5.75 Å². The van der Waals surface area contributed by atoms with Gasteiger partial charge in [0.1, 0.15) is 15.6 Å². The van der Waals surface area contributed by atoms with Crippen LogP contribution >= 0.6 is 23.1 Å². The minimum absolute atomic E-state index is 0.0798. The van der Waals surface area contributed by atoms with Crippen LogP contribution in [-0.2, 0) is 6.54 Å². The summed E-state index contributed by atoms with van der Waals surface area (Å²) >= 11 is 6.56. The molecule has 0 saturated heterocycles. The Morgan fingerprint density at radius 3 is 2.43 bits per heavy atom. The van der Waals surface area contributed by atoms with E-state index in [0.717, 1.165) is 23.7 Å². The van der Waals surface area contributed by atoms with Gasteiger partial charge < -0.3 is 9.64 Å². The summed E-state index contributed by atoms with van der Waals surface area (Å²) < 4.78 is 42.3. The Balaban J connectivity index is 2.05. The zero-order chi connectivity index (χ0) is 17.2. The van der Waals surface area contributed by atoms with Crippen LogP contribution in [0.1, 0.15) is 15.2 Å². The van der Waals surface area contributed by atoms with E-state index in [9.17, 15) is 22.8 Å². The van der Waals surface area contributed by atoms with Crippen molar-refractivity contribution in [2.45, 2.75) is 12.9 Å². The van der Waals surface area contributed by atoms with Gasteiger partial charge in [0, 0.05) is 13.6 Å². The number of nitrogens with zero attached hydrogens (tertiary/aromatic N) is 1. The number of carbonyl (C=O) groups excluding carboxylic acids is 1. The van der Waals surface area contributed by atoms with Crippen molar-refractivity contribution in [1.29, 1.82) is 0 Å². The predicted molar refractivity (Wildman–Crippen MR) is 78.9 cm³/mol. The van der Waals surface area contributed by atoms with Gasteiger partial charge in [0.2, 0.25) is 0 Å². The monoisotopic (exact) mass is 366 g/mol. The van der Waals surface area contributed by atoms with Gasteiger partial charge in [-0.1, -0.05) is 35.3 Å². The minimum atomic E-state index is -4.75. The molecule has 23 heavy (non-hydrogen) atoms. The number of benzene rings is 1. The molecule has 0 aliphatic heterocycles. The molecule has 0 fully saturated rings. The summed E-state index contributed by atoms with van der Waals surface area (Å²) in [6, 6.07) is 5.13. The van der Waals surface area contributed by atoms with Crippen molar-refractivity contribution >= 4 is 29.0 Å². The fourth-order valence-corrected chi connectivity index (χ4v) is 2.77. The van der Waals surface area contributed by atoms with E-state index in [-0.39, 0.29) is 22.2 Å². The largest absolute Gasteiger partial charge is 0.573 e. The van der Waals surface area contributed by atoms with Gasteiger partial charge in [-0.05, 0) is 17.7 Å². The number of halogens is 4. The number of aromatic nitrogens is 1. The molecule has 0 radical (unpaired) electrons. The van der Waals surface area contributed by atoms with Crippen LogP contribution in [-0.4, -0.2) is 28.6 Å². The van der Waals surface area contributed by atoms with Crippen molar-refractivity contribution in [1.82, 2.24) is 9.27 Å². The number of carbonyl (C=O) groups is 1. The Labute approximate surface area is 137 Å². The number of alkyl halides is 3. The van der Waals surface area contributed by atoms with Crippen molar-refractivity contribution < 1.29 is 22.7 Å². The Bertz CT molecular complexity index is 755. The number of aromatic amines is 1. The third-order valence-corrected chi connectivity index (χ3v) is 4.11. The molecule has 1 aromatic heterocycles. The quantitative estimate of drug-likeness (QED) is 0.903. The Hall–Kier alpha value is -2.00. The standard InChI is InChI=1S/C13H10ClF3N2O3S/c1-19(12(21)10-9(14)11(20)18-23-10)6-7-2-4-8(5-3-7)22-13(15,16)17/h2-5H,6H2,1H3,(H,18,20). The summed E-state index contributed by atoms with van der Waals surface area (Å²) in [5, 5.41) is -0.180. The number of nitrogens with one attached hydrogen (secondary N) is 1. The van der Waals surface area contributed by atoms with Crippen molar-refractivity contribution in [3.8, 4) is 5.75 Å². The molecular weight excluding hydrogens is 357 g/mol. The van der Waals surface area contributed by atoms with E-state index in [1.165, 1.54) is 24.1 Å². The Kier molecular flexibility index (Phi) is 5.00. The molecular formula is C13H10ClF3N2O3S. The highest BCUT2D eigenvalue weighted by molar-refractivity contribution is 7.08. The molecule has 2 aromatic rings. The van der Waals surface area contributed by atoms with Gasteiger partial charge in [-0.15, -0.1) is 13.2 Å². The number of amides is 1. The zero-order valence-electron chi connectivity index (χ0n) is 11.6. The molecule has 1 heterocycles. The third kappa shape index (κ3) is 4.49. The predicted octanol–water partition coefficient (Wildman–Crippen LogP) is 3.26. The molecule has 0 unspecified atom stereocenters. The highest BCUT2D eigenvalue weighted by atomic mass is 35.5. The van der Waals surface area contributed by atoms with E-state index < -0.39 is 17.8 Å². The summed E-state index contributed by atoms with van der Waals surface area (Å²) in [4.78, 5) is 24.8. The highest BCUT2D eigenvalue weighted by Crippen LogP contribution is 2.23. The fraction of sp³-hybridized carbons (Fsp3) is 0.231. The lowest BCUT2D eigenvalue weighted by Gasteiger charge is -2.16. The van der Waals surface area contributed by atoms with E-state index in [4.69, 9.17) is 11.6 Å². The molecule has 1 amide bonds. The van der Waals surface area contributed by atoms with Crippen LogP contribution in [0.15, 0.2) is 29.1 Å². The van der Waals surface area contributed by atoms with Crippen molar-refractivity contribution in [3.63, 3.8) is 0 Å². The molecule has 0 saturated carbocycles. The molecule has 1 N–H and O–H groups in total. The summed E-state index contributed by atoms with van der Waals surface area (Å²) in [7, 11) is 1.49. The van der Waals surface area contributed by atoms with Gasteiger partial charge >= 0.3 is 6.36 Å². The molecule has 2 rings (SSSR count). The molecule has 0 aliphatic carbocycles. The van der Waals surface area contributed by atoms with Crippen molar-refractivity contribution in [2.24, 2.45) is 0 Å². The molecule has 1 aromatic carbocycles. The third-order valence-electron chi connectivity index (χ3n) is 2.76. The lowest BCUT2D eigenvalue weighted by molar-refractivity contribution is -0.274. The Morgan fingerprint density at radius 2 is 1.96 bits per heavy atom. The first kappa shape index (κ1) is 17.4. The van der Waals surface area contributed by atoms with Crippen LogP contribution in [0.3, 0.4) is 0 Å². The van der Waals surface area contributed by atoms with Crippen LogP contribution in [0.2, 0.25) is 5.02 Å². The number of rotatable bonds is 4. The van der Waals surface area contributed by atoms with Gasteiger partial charge in [0.25, 0.3) is 11.5 Å². The SMILES string of the molecule is CN(Cc1ccc(OC(F)(F)F)cc1)C(=O)c1s[nH]c(=O)c1Cl. The summed E-state index contributed by atoms with van der Waals surface area (Å²) in [6.45, 7) is 0.132. The second-order valence-electron chi connectivity index (χ2n) is 4.53. The van der Waals surface area contributed by atoms with E-state index in [2.05, 4.69) is 9.11 Å². The first-order chi connectivity index (χ1) is 10.7. The molecule has 10 heteroatoms. The Morgan fingerprint density at radius 1 is 1.35 bits per heavy atom. The first-order valence-corrected chi connectivity index (χ1v) is 7.34. The summed E-state index contributed by atoms with van der Waals surface area (Å²) in [6.07, 6.45) is -4.75. The molecule has 0 aliphatic rings. The van der Waals surface area contributed by atoms with Gasteiger partial charge in [0.05, 0.1) is 0 Å². The zero-order valence-corrected chi connectivity index (χ0v) is 13.2. The maximum Gasteiger partial charge on any atom is 0.573 e. The molecule has 0 atom stereocenters. The van der Waals surface area contributed by atoms with Crippen LogP contribution in [0.4, 0.5) is 13.2 Å². The van der Waals surface area contributed by atoms with Crippen LogP contribution < -0.4 is 10.3 Å². The minimum Gasteiger partial charge on any atom is -0.406 e. The maximum absolute atomic E-state index is 12.2. The fourth-order valence-electron chi connectivity index (χ4n) is 1.74. The molecule has 0 bridgehead atoms. The molecule has 124 valence electrons. The average molecular weight is 367 g/mol. The van der Waals surface area contributed by atoms with Gasteiger partial charge in [-0.2, -0.15) is 0 Å². The normalized spacial score (nSPS) is 11.3. The van der Waals surface area contributed by atoms with Gasteiger partial charge in [-0.3, -0.25) is 14.0 Å². The molecule has 0 spiro atoms. The van der Waals surface area contributed by atoms with Crippen LogP contribution in [0, 0.1) is 0 Å². The second-order valence-corrected chi connectivity index (χ2v) is 5.72. The smallest absolute Gasteiger partial charge is 0.406 e.